The Kier molecular flexibility index (Phi) is 1.90. The summed E-state index contributed by atoms with van der Waals surface area (Å²) >= 11 is 0. The molecule has 0 unspecified atom stereocenters. The van der Waals surface area contributed by atoms with Gasteiger partial charge in [0.2, 0.25) is 0 Å². The molecule has 0 bridgehead atoms. The fourth-order valence-corrected chi connectivity index (χ4v) is 2.11. The van der Waals surface area contributed by atoms with E-state index in [1.807, 2.05) is 0 Å². The van der Waals surface area contributed by atoms with E-state index in [2.05, 4.69) is 24.1 Å². The van der Waals surface area contributed by atoms with E-state index in [0.717, 1.165) is 6.04 Å². The Morgan fingerprint density at radius 1 is 1.09 bits per heavy atom. The molecule has 0 spiro atoms. The zero-order valence-corrected chi connectivity index (χ0v) is 7.51. The van der Waals surface area contributed by atoms with Gasteiger partial charge < -0.3 is 5.32 Å². The van der Waals surface area contributed by atoms with E-state index in [-0.39, 0.29) is 0 Å². The van der Waals surface area contributed by atoms with Gasteiger partial charge in [-0.3, -0.25) is 4.90 Å². The summed E-state index contributed by atoms with van der Waals surface area (Å²) in [7, 11) is 0. The Balaban J connectivity index is 1.89. The molecule has 0 aromatic carbocycles. The fraction of sp³-hybridized carbons (Fsp3) is 1.00. The summed E-state index contributed by atoms with van der Waals surface area (Å²) in [5, 5.41) is 3.55. The van der Waals surface area contributed by atoms with Gasteiger partial charge in [0.25, 0.3) is 0 Å². The molecule has 11 heavy (non-hydrogen) atoms. The van der Waals surface area contributed by atoms with Crippen LogP contribution in [-0.4, -0.2) is 36.1 Å². The average molecular weight is 154 g/mol. The second-order valence-electron chi connectivity index (χ2n) is 4.15. The van der Waals surface area contributed by atoms with Crippen molar-refractivity contribution in [3.63, 3.8) is 0 Å². The van der Waals surface area contributed by atoms with Crippen LogP contribution < -0.4 is 5.32 Å². The van der Waals surface area contributed by atoms with Gasteiger partial charge in [-0.15, -0.1) is 0 Å². The molecule has 1 heterocycles. The molecule has 1 N–H and O–H groups in total. The normalized spacial score (nSPS) is 40.9. The van der Waals surface area contributed by atoms with Crippen LogP contribution in [0.25, 0.3) is 0 Å². The summed E-state index contributed by atoms with van der Waals surface area (Å²) in [5.74, 6) is 0. The van der Waals surface area contributed by atoms with Gasteiger partial charge in [0, 0.05) is 31.2 Å². The van der Waals surface area contributed by atoms with Gasteiger partial charge in [0.1, 0.15) is 0 Å². The van der Waals surface area contributed by atoms with E-state index in [9.17, 15) is 0 Å². The van der Waals surface area contributed by atoms with Gasteiger partial charge in [-0.25, -0.2) is 0 Å². The molecular weight excluding hydrogens is 136 g/mol. The van der Waals surface area contributed by atoms with Crippen LogP contribution in [0.1, 0.15) is 26.7 Å². The molecule has 2 rings (SSSR count). The van der Waals surface area contributed by atoms with Gasteiger partial charge in [-0.1, -0.05) is 0 Å². The lowest BCUT2D eigenvalue weighted by atomic mass is 10.1. The number of nitrogens with zero attached hydrogens (tertiary/aromatic N) is 1. The summed E-state index contributed by atoms with van der Waals surface area (Å²) in [4.78, 5) is 2.64. The third-order valence-electron chi connectivity index (χ3n) is 2.65. The number of piperazine rings is 1. The highest BCUT2D eigenvalue weighted by atomic mass is 15.2. The van der Waals surface area contributed by atoms with Crippen LogP contribution in [-0.2, 0) is 0 Å². The molecule has 64 valence electrons. The van der Waals surface area contributed by atoms with E-state index in [1.165, 1.54) is 25.9 Å². The zero-order valence-electron chi connectivity index (χ0n) is 7.51. The maximum Gasteiger partial charge on any atom is 0.0169 e. The summed E-state index contributed by atoms with van der Waals surface area (Å²) in [6.07, 6.45) is 2.89. The van der Waals surface area contributed by atoms with Gasteiger partial charge in [-0.2, -0.15) is 0 Å². The van der Waals surface area contributed by atoms with Crippen LogP contribution in [0.3, 0.4) is 0 Å². The van der Waals surface area contributed by atoms with Gasteiger partial charge in [0.05, 0.1) is 0 Å². The maximum atomic E-state index is 3.55. The molecule has 1 saturated heterocycles. The lowest BCUT2D eigenvalue weighted by molar-refractivity contribution is 0.165. The lowest BCUT2D eigenvalue weighted by Gasteiger charge is -2.36. The van der Waals surface area contributed by atoms with Crippen molar-refractivity contribution in [2.75, 3.05) is 13.1 Å². The summed E-state index contributed by atoms with van der Waals surface area (Å²) in [6, 6.07) is 2.33. The Hall–Kier alpha value is -0.0800. The average Bonchev–Trinajstić information content (AvgIpc) is 2.64. The maximum absolute atomic E-state index is 3.55. The minimum absolute atomic E-state index is 0.694. The first-order chi connectivity index (χ1) is 5.25. The quantitative estimate of drug-likeness (QED) is 0.602. The Morgan fingerprint density at radius 2 is 1.64 bits per heavy atom. The van der Waals surface area contributed by atoms with Gasteiger partial charge in [0.15, 0.2) is 0 Å². The van der Waals surface area contributed by atoms with Crippen molar-refractivity contribution >= 4 is 0 Å². The molecule has 2 heteroatoms. The first kappa shape index (κ1) is 7.56. The summed E-state index contributed by atoms with van der Waals surface area (Å²) in [6.45, 7) is 7.08. The third-order valence-corrected chi connectivity index (χ3v) is 2.65. The van der Waals surface area contributed by atoms with Crippen LogP contribution in [0.2, 0.25) is 0 Å². The van der Waals surface area contributed by atoms with Crippen LogP contribution >= 0.6 is 0 Å². The number of hydrogen-bond acceptors (Lipinski definition) is 2. The molecule has 1 saturated carbocycles. The van der Waals surface area contributed by atoms with E-state index < -0.39 is 0 Å². The summed E-state index contributed by atoms with van der Waals surface area (Å²) < 4.78 is 0. The first-order valence-electron chi connectivity index (χ1n) is 4.76. The summed E-state index contributed by atoms with van der Waals surface area (Å²) in [5.41, 5.74) is 0. The standard InChI is InChI=1S/C9H18N2/c1-7-5-11(9-3-4-9)6-8(2)10-7/h7-10H,3-6H2,1-2H3/t7-,8+. The molecule has 1 aliphatic carbocycles. The third kappa shape index (κ3) is 1.74. The minimum atomic E-state index is 0.694. The van der Waals surface area contributed by atoms with Crippen molar-refractivity contribution in [3.8, 4) is 0 Å². The van der Waals surface area contributed by atoms with Crippen molar-refractivity contribution in [1.29, 1.82) is 0 Å². The van der Waals surface area contributed by atoms with E-state index in [0.29, 0.717) is 12.1 Å². The number of nitrogens with one attached hydrogen (secondary N) is 1. The molecule has 0 radical (unpaired) electrons. The Morgan fingerprint density at radius 3 is 2.09 bits per heavy atom. The van der Waals surface area contributed by atoms with Crippen LogP contribution in [0.4, 0.5) is 0 Å². The smallest absolute Gasteiger partial charge is 0.0169 e. The molecule has 2 aliphatic rings. The highest BCUT2D eigenvalue weighted by Crippen LogP contribution is 2.27. The Bertz CT molecular complexity index is 132. The van der Waals surface area contributed by atoms with Crippen LogP contribution in [0.15, 0.2) is 0 Å². The van der Waals surface area contributed by atoms with Crippen molar-refractivity contribution in [3.05, 3.63) is 0 Å². The minimum Gasteiger partial charge on any atom is -0.309 e. The molecular formula is C9H18N2. The lowest BCUT2D eigenvalue weighted by Crippen LogP contribution is -2.54. The molecule has 2 fully saturated rings. The molecule has 2 atom stereocenters. The zero-order chi connectivity index (χ0) is 7.84. The second-order valence-corrected chi connectivity index (χ2v) is 4.15. The van der Waals surface area contributed by atoms with E-state index in [4.69, 9.17) is 0 Å². The monoisotopic (exact) mass is 154 g/mol. The van der Waals surface area contributed by atoms with E-state index in [1.54, 1.807) is 0 Å². The van der Waals surface area contributed by atoms with Gasteiger partial charge in [-0.05, 0) is 26.7 Å². The highest BCUT2D eigenvalue weighted by Gasteiger charge is 2.33. The highest BCUT2D eigenvalue weighted by molar-refractivity contribution is 4.91. The van der Waals surface area contributed by atoms with Crippen molar-refractivity contribution in [2.45, 2.75) is 44.8 Å². The largest absolute Gasteiger partial charge is 0.309 e. The second kappa shape index (κ2) is 2.76. The molecule has 0 amide bonds. The number of rotatable bonds is 1. The van der Waals surface area contributed by atoms with E-state index >= 15 is 0 Å². The van der Waals surface area contributed by atoms with Crippen molar-refractivity contribution in [1.82, 2.24) is 10.2 Å². The topological polar surface area (TPSA) is 15.3 Å². The van der Waals surface area contributed by atoms with Crippen LogP contribution in [0, 0.1) is 0 Å². The van der Waals surface area contributed by atoms with Crippen molar-refractivity contribution in [2.24, 2.45) is 0 Å². The van der Waals surface area contributed by atoms with Crippen molar-refractivity contribution < 1.29 is 0 Å². The fourth-order valence-electron chi connectivity index (χ4n) is 2.11. The molecule has 0 aromatic heterocycles. The molecule has 2 nitrogen and oxygen atoms in total. The van der Waals surface area contributed by atoms with Gasteiger partial charge >= 0.3 is 0 Å². The SMILES string of the molecule is C[C@@H]1CN(C2CC2)C[C@H](C)N1. The number of hydrogen-bond donors (Lipinski definition) is 1. The molecule has 0 aromatic rings. The molecule has 1 aliphatic heterocycles. The van der Waals surface area contributed by atoms with Crippen LogP contribution in [0.5, 0.6) is 0 Å². The predicted octanol–water partition coefficient (Wildman–Crippen LogP) is 0.831. The Labute approximate surface area is 69.0 Å². The predicted molar refractivity (Wildman–Crippen MR) is 46.7 cm³/mol. The first-order valence-corrected chi connectivity index (χ1v) is 4.76.